The van der Waals surface area contributed by atoms with E-state index in [1.165, 1.54) is 0 Å². The summed E-state index contributed by atoms with van der Waals surface area (Å²) in [6, 6.07) is 10.5. The Hall–Kier alpha value is -1.94. The molecule has 0 fully saturated rings. The van der Waals surface area contributed by atoms with Crippen LogP contribution in [0.25, 0.3) is 0 Å². The van der Waals surface area contributed by atoms with Crippen LogP contribution in [0.5, 0.6) is 5.75 Å². The minimum absolute atomic E-state index is 0.139. The largest absolute Gasteiger partial charge is 0.491 e. The number of hydrogen-bond acceptors (Lipinski definition) is 2. The molecule has 0 saturated heterocycles. The molecule has 2 rings (SSSR count). The molecule has 1 atom stereocenters. The topological polar surface area (TPSA) is 35.2 Å². The monoisotopic (exact) mass is 263 g/mol. The maximum atomic E-state index is 13.0. The molecule has 0 spiro atoms. The number of hydrogen-bond donors (Lipinski definition) is 1. The Morgan fingerprint density at radius 3 is 2.21 bits per heavy atom. The van der Waals surface area contributed by atoms with Gasteiger partial charge in [0.15, 0.2) is 0 Å². The summed E-state index contributed by atoms with van der Waals surface area (Å²) in [5.41, 5.74) is 8.02. The second kappa shape index (κ2) is 5.80. The fourth-order valence-electron chi connectivity index (χ4n) is 1.71. The molecule has 0 aliphatic rings. The van der Waals surface area contributed by atoms with Crippen LogP contribution < -0.4 is 10.5 Å². The van der Waals surface area contributed by atoms with Gasteiger partial charge in [0, 0.05) is 18.2 Å². The number of ether oxygens (including phenoxy) is 1. The van der Waals surface area contributed by atoms with Gasteiger partial charge in [-0.05, 0) is 12.5 Å². The van der Waals surface area contributed by atoms with Gasteiger partial charge < -0.3 is 10.5 Å². The molecule has 0 aliphatic carbocycles. The van der Waals surface area contributed by atoms with E-state index in [4.69, 9.17) is 10.5 Å². The zero-order chi connectivity index (χ0) is 13.8. The van der Waals surface area contributed by atoms with Crippen molar-refractivity contribution >= 4 is 0 Å². The van der Waals surface area contributed by atoms with Crippen molar-refractivity contribution in [2.75, 3.05) is 6.61 Å². The fourth-order valence-corrected chi connectivity index (χ4v) is 1.71. The van der Waals surface area contributed by atoms with E-state index in [-0.39, 0.29) is 18.4 Å². The third-order valence-corrected chi connectivity index (χ3v) is 2.77. The highest BCUT2D eigenvalue weighted by Gasteiger charge is 2.08. The minimum Gasteiger partial charge on any atom is -0.491 e. The van der Waals surface area contributed by atoms with Gasteiger partial charge in [-0.3, -0.25) is 0 Å². The summed E-state index contributed by atoms with van der Waals surface area (Å²) >= 11 is 0. The lowest BCUT2D eigenvalue weighted by Gasteiger charge is -2.14. The number of halogens is 2. The molecule has 0 bridgehead atoms. The molecule has 2 aromatic carbocycles. The van der Waals surface area contributed by atoms with Gasteiger partial charge in [-0.15, -0.1) is 0 Å². The molecule has 0 saturated carbocycles. The molecule has 4 heteroatoms. The Bertz CT molecular complexity index is 534. The van der Waals surface area contributed by atoms with Gasteiger partial charge in [0.25, 0.3) is 0 Å². The average molecular weight is 263 g/mol. The summed E-state index contributed by atoms with van der Waals surface area (Å²) < 4.78 is 31.2. The van der Waals surface area contributed by atoms with Crippen molar-refractivity contribution in [3.8, 4) is 5.75 Å². The molecule has 19 heavy (non-hydrogen) atoms. The van der Waals surface area contributed by atoms with E-state index in [2.05, 4.69) is 0 Å². The predicted molar refractivity (Wildman–Crippen MR) is 70.0 cm³/mol. The summed E-state index contributed by atoms with van der Waals surface area (Å²) in [7, 11) is 0. The van der Waals surface area contributed by atoms with Crippen molar-refractivity contribution in [3.63, 3.8) is 0 Å². The molecular weight excluding hydrogens is 248 g/mol. The number of aryl methyl sites for hydroxylation is 1. The second-order valence-electron chi connectivity index (χ2n) is 4.43. The lowest BCUT2D eigenvalue weighted by Crippen LogP contribution is -2.19. The van der Waals surface area contributed by atoms with E-state index in [1.54, 1.807) is 0 Å². The van der Waals surface area contributed by atoms with Crippen molar-refractivity contribution in [3.05, 3.63) is 65.2 Å². The van der Waals surface area contributed by atoms with Crippen molar-refractivity contribution < 1.29 is 13.5 Å². The number of rotatable bonds is 4. The Kier molecular flexibility index (Phi) is 4.12. The average Bonchev–Trinajstić information content (AvgIpc) is 2.36. The summed E-state index contributed by atoms with van der Waals surface area (Å²) in [5.74, 6) is -1.20. The summed E-state index contributed by atoms with van der Waals surface area (Å²) in [5, 5.41) is 0. The molecule has 2 N–H and O–H groups in total. The van der Waals surface area contributed by atoms with Crippen LogP contribution in [-0.4, -0.2) is 6.61 Å². The van der Waals surface area contributed by atoms with Crippen molar-refractivity contribution in [2.24, 2.45) is 5.73 Å². The standard InChI is InChI=1S/C15H15F2NO/c1-10-2-4-11(5-3-10)15(18)9-19-14-7-12(16)6-13(17)8-14/h2-8,15H,9,18H2,1H3. The first-order valence-electron chi connectivity index (χ1n) is 5.95. The van der Waals surface area contributed by atoms with Crippen molar-refractivity contribution in [1.82, 2.24) is 0 Å². The first-order valence-corrected chi connectivity index (χ1v) is 5.95. The van der Waals surface area contributed by atoms with Gasteiger partial charge in [-0.25, -0.2) is 8.78 Å². The predicted octanol–water partition coefficient (Wildman–Crippen LogP) is 3.35. The summed E-state index contributed by atoms with van der Waals surface area (Å²) in [4.78, 5) is 0. The van der Waals surface area contributed by atoms with Gasteiger partial charge in [-0.2, -0.15) is 0 Å². The summed E-state index contributed by atoms with van der Waals surface area (Å²) in [6.07, 6.45) is 0. The Balaban J connectivity index is 1.99. The van der Waals surface area contributed by atoms with Crippen LogP contribution in [0.3, 0.4) is 0 Å². The third kappa shape index (κ3) is 3.76. The van der Waals surface area contributed by atoms with Gasteiger partial charge in [-0.1, -0.05) is 29.8 Å². The Morgan fingerprint density at radius 1 is 1.05 bits per heavy atom. The van der Waals surface area contributed by atoms with Crippen LogP contribution in [-0.2, 0) is 0 Å². The second-order valence-corrected chi connectivity index (χ2v) is 4.43. The Labute approximate surface area is 110 Å². The highest BCUT2D eigenvalue weighted by atomic mass is 19.1. The van der Waals surface area contributed by atoms with Gasteiger partial charge in [0.1, 0.15) is 24.0 Å². The van der Waals surface area contributed by atoms with Crippen LogP contribution in [0.1, 0.15) is 17.2 Å². The van der Waals surface area contributed by atoms with Gasteiger partial charge >= 0.3 is 0 Å². The van der Waals surface area contributed by atoms with E-state index in [1.807, 2.05) is 31.2 Å². The molecule has 0 aliphatic heterocycles. The smallest absolute Gasteiger partial charge is 0.129 e. The van der Waals surface area contributed by atoms with Crippen LogP contribution >= 0.6 is 0 Å². The van der Waals surface area contributed by atoms with Crippen LogP contribution in [0.2, 0.25) is 0 Å². The molecule has 0 radical (unpaired) electrons. The third-order valence-electron chi connectivity index (χ3n) is 2.77. The van der Waals surface area contributed by atoms with E-state index in [0.29, 0.717) is 0 Å². The molecular formula is C15H15F2NO. The highest BCUT2D eigenvalue weighted by Crippen LogP contribution is 2.18. The van der Waals surface area contributed by atoms with Crippen LogP contribution in [0.4, 0.5) is 8.78 Å². The Morgan fingerprint density at radius 2 is 1.63 bits per heavy atom. The number of nitrogens with two attached hydrogens (primary N) is 1. The van der Waals surface area contributed by atoms with E-state index < -0.39 is 11.6 Å². The molecule has 1 unspecified atom stereocenters. The maximum Gasteiger partial charge on any atom is 0.129 e. The normalized spacial score (nSPS) is 12.2. The van der Waals surface area contributed by atoms with Crippen molar-refractivity contribution in [2.45, 2.75) is 13.0 Å². The molecule has 100 valence electrons. The molecule has 2 aromatic rings. The van der Waals surface area contributed by atoms with E-state index in [9.17, 15) is 8.78 Å². The van der Waals surface area contributed by atoms with E-state index in [0.717, 1.165) is 29.3 Å². The van der Waals surface area contributed by atoms with Gasteiger partial charge in [0.05, 0.1) is 6.04 Å². The van der Waals surface area contributed by atoms with Gasteiger partial charge in [0.2, 0.25) is 0 Å². The van der Waals surface area contributed by atoms with E-state index >= 15 is 0 Å². The zero-order valence-electron chi connectivity index (χ0n) is 10.6. The molecule has 0 aromatic heterocycles. The molecule has 0 heterocycles. The lowest BCUT2D eigenvalue weighted by molar-refractivity contribution is 0.288. The lowest BCUT2D eigenvalue weighted by atomic mass is 10.1. The first kappa shape index (κ1) is 13.5. The SMILES string of the molecule is Cc1ccc(C(N)COc2cc(F)cc(F)c2)cc1. The quantitative estimate of drug-likeness (QED) is 0.918. The fraction of sp³-hybridized carbons (Fsp3) is 0.200. The first-order chi connectivity index (χ1) is 9.04. The molecule has 2 nitrogen and oxygen atoms in total. The zero-order valence-corrected chi connectivity index (χ0v) is 10.6. The molecule has 0 amide bonds. The van der Waals surface area contributed by atoms with Crippen LogP contribution in [0, 0.1) is 18.6 Å². The number of benzene rings is 2. The maximum absolute atomic E-state index is 13.0. The highest BCUT2D eigenvalue weighted by molar-refractivity contribution is 5.26. The van der Waals surface area contributed by atoms with Crippen molar-refractivity contribution in [1.29, 1.82) is 0 Å². The van der Waals surface area contributed by atoms with Crippen LogP contribution in [0.15, 0.2) is 42.5 Å². The minimum atomic E-state index is -0.668. The summed E-state index contributed by atoms with van der Waals surface area (Å²) in [6.45, 7) is 2.15.